The second kappa shape index (κ2) is 4.41. The summed E-state index contributed by atoms with van der Waals surface area (Å²) in [6, 6.07) is 0.0326. The van der Waals surface area contributed by atoms with Gasteiger partial charge in [0, 0.05) is 19.1 Å². The van der Waals surface area contributed by atoms with E-state index in [0.29, 0.717) is 19.6 Å². The molecule has 2 unspecified atom stereocenters. The molecular weight excluding hydrogens is 182 g/mol. The third-order valence-electron chi connectivity index (χ3n) is 2.29. The molecule has 2 atom stereocenters. The highest BCUT2D eigenvalue weighted by atomic mass is 16.2. The van der Waals surface area contributed by atoms with Crippen molar-refractivity contribution < 1.29 is 9.59 Å². The maximum atomic E-state index is 11.4. The molecule has 5 nitrogen and oxygen atoms in total. The molecule has 1 heterocycles. The average molecular weight is 199 g/mol. The minimum atomic E-state index is -0.507. The van der Waals surface area contributed by atoms with Gasteiger partial charge < -0.3 is 16.0 Å². The molecular formula is C9H17N3O2. The molecule has 5 heteroatoms. The van der Waals surface area contributed by atoms with Crippen LogP contribution in [0.4, 0.5) is 0 Å². The number of rotatable bonds is 3. The standard InChI is InChI=1S/C9H17N3O2/c1-6(3-10)4-12-5-7(2)11-8(13)9(12)14/h6-7H,3-5,10H2,1-2H3,(H,11,13). The van der Waals surface area contributed by atoms with Gasteiger partial charge >= 0.3 is 11.8 Å². The van der Waals surface area contributed by atoms with Crippen LogP contribution >= 0.6 is 0 Å². The molecule has 0 radical (unpaired) electrons. The van der Waals surface area contributed by atoms with Gasteiger partial charge in [-0.05, 0) is 19.4 Å². The fourth-order valence-corrected chi connectivity index (χ4v) is 1.50. The minimum absolute atomic E-state index is 0.0326. The Hall–Kier alpha value is -1.10. The van der Waals surface area contributed by atoms with Gasteiger partial charge in [0.05, 0.1) is 0 Å². The summed E-state index contributed by atoms with van der Waals surface area (Å²) in [6.07, 6.45) is 0. The topological polar surface area (TPSA) is 75.4 Å². The highest BCUT2D eigenvalue weighted by molar-refractivity contribution is 6.35. The van der Waals surface area contributed by atoms with Crippen molar-refractivity contribution in [3.05, 3.63) is 0 Å². The lowest BCUT2D eigenvalue weighted by Gasteiger charge is -2.32. The molecule has 2 amide bonds. The number of hydrogen-bond acceptors (Lipinski definition) is 3. The zero-order chi connectivity index (χ0) is 10.7. The number of amides is 2. The van der Waals surface area contributed by atoms with Gasteiger partial charge in [0.15, 0.2) is 0 Å². The van der Waals surface area contributed by atoms with E-state index < -0.39 is 11.8 Å². The summed E-state index contributed by atoms with van der Waals surface area (Å²) in [4.78, 5) is 24.1. The van der Waals surface area contributed by atoms with E-state index >= 15 is 0 Å². The van der Waals surface area contributed by atoms with Gasteiger partial charge in [-0.1, -0.05) is 6.92 Å². The predicted octanol–water partition coefficient (Wildman–Crippen LogP) is -1.07. The SMILES string of the molecule is CC(CN)CN1CC(C)NC(=O)C1=O. The molecule has 0 aromatic rings. The van der Waals surface area contributed by atoms with Crippen LogP contribution in [0.3, 0.4) is 0 Å². The van der Waals surface area contributed by atoms with E-state index in [9.17, 15) is 9.59 Å². The number of piperazine rings is 1. The van der Waals surface area contributed by atoms with Crippen LogP contribution in [0.1, 0.15) is 13.8 Å². The fourth-order valence-electron chi connectivity index (χ4n) is 1.50. The van der Waals surface area contributed by atoms with Crippen molar-refractivity contribution in [3.8, 4) is 0 Å². The zero-order valence-electron chi connectivity index (χ0n) is 8.62. The molecule has 0 saturated carbocycles. The van der Waals surface area contributed by atoms with Crippen molar-refractivity contribution in [2.24, 2.45) is 11.7 Å². The van der Waals surface area contributed by atoms with E-state index in [2.05, 4.69) is 5.32 Å². The van der Waals surface area contributed by atoms with Crippen LogP contribution in [0.15, 0.2) is 0 Å². The lowest BCUT2D eigenvalue weighted by atomic mass is 10.1. The van der Waals surface area contributed by atoms with Gasteiger partial charge in [-0.15, -0.1) is 0 Å². The van der Waals surface area contributed by atoms with E-state index in [-0.39, 0.29) is 12.0 Å². The van der Waals surface area contributed by atoms with Crippen molar-refractivity contribution in [2.45, 2.75) is 19.9 Å². The molecule has 0 aliphatic carbocycles. The Labute approximate surface area is 83.6 Å². The molecule has 0 spiro atoms. The maximum Gasteiger partial charge on any atom is 0.311 e. The molecule has 0 aromatic carbocycles. The van der Waals surface area contributed by atoms with Crippen LogP contribution in [-0.4, -0.2) is 42.4 Å². The number of carbonyl (C=O) groups is 2. The van der Waals surface area contributed by atoms with Gasteiger partial charge in [0.1, 0.15) is 0 Å². The first kappa shape index (κ1) is 11.0. The molecule has 1 aliphatic rings. The second-order valence-electron chi connectivity index (χ2n) is 3.93. The molecule has 0 aromatic heterocycles. The van der Waals surface area contributed by atoms with E-state index in [4.69, 9.17) is 5.73 Å². The first-order valence-electron chi connectivity index (χ1n) is 4.84. The third kappa shape index (κ3) is 2.45. The average Bonchev–Trinajstić information content (AvgIpc) is 2.13. The summed E-state index contributed by atoms with van der Waals surface area (Å²) in [5, 5.41) is 2.59. The van der Waals surface area contributed by atoms with Crippen LogP contribution in [0.5, 0.6) is 0 Å². The number of nitrogens with zero attached hydrogens (tertiary/aromatic N) is 1. The van der Waals surface area contributed by atoms with E-state index in [1.165, 1.54) is 0 Å². The van der Waals surface area contributed by atoms with E-state index in [1.54, 1.807) is 4.90 Å². The first-order chi connectivity index (χ1) is 6.54. The van der Waals surface area contributed by atoms with Gasteiger partial charge in [0.2, 0.25) is 0 Å². The minimum Gasteiger partial charge on any atom is -0.344 e. The molecule has 14 heavy (non-hydrogen) atoms. The number of carbonyl (C=O) groups excluding carboxylic acids is 2. The smallest absolute Gasteiger partial charge is 0.311 e. The Bertz CT molecular complexity index is 242. The van der Waals surface area contributed by atoms with Crippen molar-refractivity contribution in [3.63, 3.8) is 0 Å². The highest BCUT2D eigenvalue weighted by Gasteiger charge is 2.30. The monoisotopic (exact) mass is 199 g/mol. The van der Waals surface area contributed by atoms with Gasteiger partial charge in [0.25, 0.3) is 0 Å². The quantitative estimate of drug-likeness (QED) is 0.568. The van der Waals surface area contributed by atoms with Crippen LogP contribution in [0.25, 0.3) is 0 Å². The largest absolute Gasteiger partial charge is 0.344 e. The fraction of sp³-hybridized carbons (Fsp3) is 0.778. The van der Waals surface area contributed by atoms with Crippen molar-refractivity contribution in [1.82, 2.24) is 10.2 Å². The van der Waals surface area contributed by atoms with Crippen LogP contribution in [0.2, 0.25) is 0 Å². The summed E-state index contributed by atoms with van der Waals surface area (Å²) in [5.74, 6) is -0.714. The lowest BCUT2D eigenvalue weighted by Crippen LogP contribution is -2.57. The van der Waals surface area contributed by atoms with Crippen molar-refractivity contribution in [2.75, 3.05) is 19.6 Å². The summed E-state index contributed by atoms with van der Waals surface area (Å²) in [6.45, 7) is 5.51. The Morgan fingerprint density at radius 1 is 1.64 bits per heavy atom. The molecule has 0 bridgehead atoms. The summed E-state index contributed by atoms with van der Waals surface area (Å²) in [7, 11) is 0. The Morgan fingerprint density at radius 3 is 2.86 bits per heavy atom. The molecule has 80 valence electrons. The number of nitrogens with one attached hydrogen (secondary N) is 1. The summed E-state index contributed by atoms with van der Waals surface area (Å²) < 4.78 is 0. The molecule has 1 fully saturated rings. The Kier molecular flexibility index (Phi) is 3.46. The normalized spacial score (nSPS) is 24.8. The molecule has 1 rings (SSSR count). The van der Waals surface area contributed by atoms with Crippen LogP contribution in [-0.2, 0) is 9.59 Å². The number of hydrogen-bond donors (Lipinski definition) is 2. The van der Waals surface area contributed by atoms with Crippen molar-refractivity contribution >= 4 is 11.8 Å². The summed E-state index contributed by atoms with van der Waals surface area (Å²) in [5.41, 5.74) is 5.47. The lowest BCUT2D eigenvalue weighted by molar-refractivity contribution is -0.149. The molecule has 1 aliphatic heterocycles. The zero-order valence-corrected chi connectivity index (χ0v) is 8.62. The second-order valence-corrected chi connectivity index (χ2v) is 3.93. The Balaban J connectivity index is 2.58. The Morgan fingerprint density at radius 2 is 2.29 bits per heavy atom. The maximum absolute atomic E-state index is 11.4. The predicted molar refractivity (Wildman–Crippen MR) is 52.4 cm³/mol. The van der Waals surface area contributed by atoms with Crippen LogP contribution in [0, 0.1) is 5.92 Å². The van der Waals surface area contributed by atoms with Gasteiger partial charge in [-0.2, -0.15) is 0 Å². The summed E-state index contributed by atoms with van der Waals surface area (Å²) >= 11 is 0. The highest BCUT2D eigenvalue weighted by Crippen LogP contribution is 2.05. The van der Waals surface area contributed by atoms with Gasteiger partial charge in [-0.3, -0.25) is 9.59 Å². The number of nitrogens with two attached hydrogens (primary N) is 1. The van der Waals surface area contributed by atoms with E-state index in [0.717, 1.165) is 0 Å². The molecule has 1 saturated heterocycles. The van der Waals surface area contributed by atoms with Crippen LogP contribution < -0.4 is 11.1 Å². The van der Waals surface area contributed by atoms with E-state index in [1.807, 2.05) is 13.8 Å². The van der Waals surface area contributed by atoms with Gasteiger partial charge in [-0.25, -0.2) is 0 Å². The first-order valence-corrected chi connectivity index (χ1v) is 4.84. The molecule has 3 N–H and O–H groups in total. The van der Waals surface area contributed by atoms with Crippen molar-refractivity contribution in [1.29, 1.82) is 0 Å². The third-order valence-corrected chi connectivity index (χ3v) is 2.29.